The molecule has 0 saturated carbocycles. The van der Waals surface area contributed by atoms with Crippen LogP contribution in [0.2, 0.25) is 0 Å². The fourth-order valence-electron chi connectivity index (χ4n) is 1.00. The third-order valence-corrected chi connectivity index (χ3v) is 1.79. The van der Waals surface area contributed by atoms with Gasteiger partial charge in [-0.2, -0.15) is 10.5 Å². The summed E-state index contributed by atoms with van der Waals surface area (Å²) in [5, 5.41) is 17.3. The van der Waals surface area contributed by atoms with Gasteiger partial charge in [-0.1, -0.05) is 6.92 Å². The smallest absolute Gasteiger partial charge is 0.176 e. The molecule has 0 bridgehead atoms. The molecule has 0 aliphatic rings. The Labute approximate surface area is 81.2 Å². The molecule has 5 nitrogen and oxygen atoms in total. The number of nitrogens with zero attached hydrogens (tertiary/aromatic N) is 4. The second kappa shape index (κ2) is 4.20. The SMILES string of the molecule is CCC(=O)Cn1cnc(C#N)c1C#N. The average Bonchev–Trinajstić information content (AvgIpc) is 2.59. The van der Waals surface area contributed by atoms with E-state index in [-0.39, 0.29) is 23.7 Å². The minimum Gasteiger partial charge on any atom is -0.314 e. The van der Waals surface area contributed by atoms with Crippen molar-refractivity contribution in [2.75, 3.05) is 0 Å². The Kier molecular flexibility index (Phi) is 2.98. The summed E-state index contributed by atoms with van der Waals surface area (Å²) in [5.74, 6) is 0.00314. The molecule has 0 fully saturated rings. The Balaban J connectivity index is 3.01. The van der Waals surface area contributed by atoms with Crippen LogP contribution in [-0.4, -0.2) is 15.3 Å². The zero-order valence-corrected chi connectivity index (χ0v) is 7.69. The van der Waals surface area contributed by atoms with E-state index in [2.05, 4.69) is 4.98 Å². The van der Waals surface area contributed by atoms with Gasteiger partial charge in [-0.3, -0.25) is 4.79 Å². The number of carbonyl (C=O) groups is 1. The molecule has 5 heteroatoms. The Hall–Kier alpha value is -2.14. The fraction of sp³-hybridized carbons (Fsp3) is 0.333. The Bertz CT molecular complexity index is 433. The van der Waals surface area contributed by atoms with Crippen molar-refractivity contribution in [2.24, 2.45) is 0 Å². The number of aromatic nitrogens is 2. The third-order valence-electron chi connectivity index (χ3n) is 1.79. The summed E-state index contributed by atoms with van der Waals surface area (Å²) in [5.41, 5.74) is 0.214. The summed E-state index contributed by atoms with van der Waals surface area (Å²) in [6, 6.07) is 3.64. The molecule has 70 valence electrons. The second-order valence-electron chi connectivity index (χ2n) is 2.69. The molecule has 0 spiro atoms. The highest BCUT2D eigenvalue weighted by molar-refractivity contribution is 5.78. The number of Topliss-reactive ketones (excluding diaryl/α,β-unsaturated/α-hetero) is 1. The van der Waals surface area contributed by atoms with Gasteiger partial charge in [-0.15, -0.1) is 0 Å². The first kappa shape index (κ1) is 9.94. The van der Waals surface area contributed by atoms with E-state index in [1.807, 2.05) is 6.07 Å². The molecule has 0 atom stereocenters. The first-order valence-corrected chi connectivity index (χ1v) is 4.10. The van der Waals surface area contributed by atoms with Crippen LogP contribution < -0.4 is 0 Å². The normalized spacial score (nSPS) is 9.07. The van der Waals surface area contributed by atoms with Crippen LogP contribution in [0.5, 0.6) is 0 Å². The van der Waals surface area contributed by atoms with Gasteiger partial charge < -0.3 is 4.57 Å². The number of hydrogen-bond acceptors (Lipinski definition) is 4. The van der Waals surface area contributed by atoms with Gasteiger partial charge in [0, 0.05) is 6.42 Å². The average molecular weight is 188 g/mol. The highest BCUT2D eigenvalue weighted by Crippen LogP contribution is 2.05. The van der Waals surface area contributed by atoms with Gasteiger partial charge in [-0.05, 0) is 0 Å². The largest absolute Gasteiger partial charge is 0.314 e. The minimum atomic E-state index is 0.00314. The highest BCUT2D eigenvalue weighted by atomic mass is 16.1. The fourth-order valence-corrected chi connectivity index (χ4v) is 1.00. The van der Waals surface area contributed by atoms with Crippen LogP contribution in [0, 0.1) is 22.7 Å². The lowest BCUT2D eigenvalue weighted by Gasteiger charge is -1.99. The van der Waals surface area contributed by atoms with Crippen molar-refractivity contribution in [1.29, 1.82) is 10.5 Å². The van der Waals surface area contributed by atoms with Gasteiger partial charge in [0.1, 0.15) is 12.1 Å². The third kappa shape index (κ3) is 1.78. The van der Waals surface area contributed by atoms with E-state index < -0.39 is 0 Å². The van der Waals surface area contributed by atoms with Gasteiger partial charge in [0.15, 0.2) is 17.2 Å². The predicted molar refractivity (Wildman–Crippen MR) is 47.0 cm³/mol. The Morgan fingerprint density at radius 3 is 2.79 bits per heavy atom. The summed E-state index contributed by atoms with van der Waals surface area (Å²) in [6.45, 7) is 1.85. The van der Waals surface area contributed by atoms with Gasteiger partial charge in [0.2, 0.25) is 0 Å². The van der Waals surface area contributed by atoms with Gasteiger partial charge >= 0.3 is 0 Å². The van der Waals surface area contributed by atoms with E-state index in [9.17, 15) is 4.79 Å². The maximum absolute atomic E-state index is 11.1. The summed E-state index contributed by atoms with van der Waals surface area (Å²) < 4.78 is 1.39. The first-order valence-electron chi connectivity index (χ1n) is 4.10. The quantitative estimate of drug-likeness (QED) is 0.695. The predicted octanol–water partition coefficient (Wildman–Crippen LogP) is 0.606. The van der Waals surface area contributed by atoms with Crippen molar-refractivity contribution in [3.63, 3.8) is 0 Å². The van der Waals surface area contributed by atoms with Crippen LogP contribution in [0.3, 0.4) is 0 Å². The zero-order chi connectivity index (χ0) is 10.6. The molecule has 1 aromatic heterocycles. The minimum absolute atomic E-state index is 0.00314. The van der Waals surface area contributed by atoms with Crippen molar-refractivity contribution in [3.8, 4) is 12.1 Å². The lowest BCUT2D eigenvalue weighted by atomic mass is 10.3. The number of hydrogen-bond donors (Lipinski definition) is 0. The maximum Gasteiger partial charge on any atom is 0.176 e. The van der Waals surface area contributed by atoms with Crippen molar-refractivity contribution >= 4 is 5.78 Å². The Morgan fingerprint density at radius 2 is 2.29 bits per heavy atom. The zero-order valence-electron chi connectivity index (χ0n) is 7.69. The maximum atomic E-state index is 11.1. The summed E-state index contributed by atoms with van der Waals surface area (Å²) >= 11 is 0. The molecule has 0 radical (unpaired) electrons. The van der Waals surface area contributed by atoms with E-state index >= 15 is 0 Å². The standard InChI is InChI=1S/C9H8N4O/c1-2-7(14)5-13-6-12-8(3-10)9(13)4-11/h6H,2,5H2,1H3. The van der Waals surface area contributed by atoms with Crippen molar-refractivity contribution < 1.29 is 4.79 Å². The molecule has 1 heterocycles. The van der Waals surface area contributed by atoms with Crippen molar-refractivity contribution in [1.82, 2.24) is 9.55 Å². The van der Waals surface area contributed by atoms with Crippen molar-refractivity contribution in [3.05, 3.63) is 17.7 Å². The number of rotatable bonds is 3. The number of nitriles is 2. The number of carbonyl (C=O) groups excluding carboxylic acids is 1. The van der Waals surface area contributed by atoms with Gasteiger partial charge in [-0.25, -0.2) is 4.98 Å². The van der Waals surface area contributed by atoms with Crippen LogP contribution in [0.15, 0.2) is 6.33 Å². The molecule has 0 unspecified atom stereocenters. The van der Waals surface area contributed by atoms with E-state index in [0.29, 0.717) is 6.42 Å². The molecular formula is C9H8N4O. The lowest BCUT2D eigenvalue weighted by Crippen LogP contribution is -2.09. The van der Waals surface area contributed by atoms with Crippen LogP contribution in [0.25, 0.3) is 0 Å². The molecule has 0 aromatic carbocycles. The molecule has 0 amide bonds. The number of ketones is 1. The molecule has 0 aliphatic heterocycles. The lowest BCUT2D eigenvalue weighted by molar-refractivity contribution is -0.119. The van der Waals surface area contributed by atoms with Crippen LogP contribution >= 0.6 is 0 Å². The van der Waals surface area contributed by atoms with Gasteiger partial charge in [0.05, 0.1) is 12.9 Å². The van der Waals surface area contributed by atoms with E-state index in [4.69, 9.17) is 10.5 Å². The summed E-state index contributed by atoms with van der Waals surface area (Å²) in [7, 11) is 0. The van der Waals surface area contributed by atoms with E-state index in [0.717, 1.165) is 0 Å². The molecular weight excluding hydrogens is 180 g/mol. The molecule has 0 aliphatic carbocycles. The number of imidazole rings is 1. The molecule has 14 heavy (non-hydrogen) atoms. The highest BCUT2D eigenvalue weighted by Gasteiger charge is 2.11. The second-order valence-corrected chi connectivity index (χ2v) is 2.69. The summed E-state index contributed by atoms with van der Waals surface area (Å²) in [4.78, 5) is 14.8. The molecule has 1 rings (SSSR count). The van der Waals surface area contributed by atoms with E-state index in [1.165, 1.54) is 10.9 Å². The van der Waals surface area contributed by atoms with Crippen molar-refractivity contribution in [2.45, 2.75) is 19.9 Å². The summed E-state index contributed by atoms with van der Waals surface area (Å²) in [6.07, 6.45) is 1.75. The van der Waals surface area contributed by atoms with E-state index in [1.54, 1.807) is 13.0 Å². The molecule has 0 N–H and O–H groups in total. The monoisotopic (exact) mass is 188 g/mol. The van der Waals surface area contributed by atoms with Crippen LogP contribution in [-0.2, 0) is 11.3 Å². The Morgan fingerprint density at radius 1 is 1.57 bits per heavy atom. The first-order chi connectivity index (χ1) is 6.72. The molecule has 1 aromatic rings. The topological polar surface area (TPSA) is 82.5 Å². The van der Waals surface area contributed by atoms with Gasteiger partial charge in [0.25, 0.3) is 0 Å². The van der Waals surface area contributed by atoms with Crippen LogP contribution in [0.1, 0.15) is 24.7 Å². The van der Waals surface area contributed by atoms with Crippen LogP contribution in [0.4, 0.5) is 0 Å². The molecule has 0 saturated heterocycles.